The number of hydrogen-bond acceptors (Lipinski definition) is 3. The fourth-order valence-corrected chi connectivity index (χ4v) is 1.88. The second kappa shape index (κ2) is 3.51. The summed E-state index contributed by atoms with van der Waals surface area (Å²) < 4.78 is 30.3. The molecule has 0 spiro atoms. The Hall–Kier alpha value is 1.55. The fraction of sp³-hybridized carbons (Fsp3) is 1.00. The summed E-state index contributed by atoms with van der Waals surface area (Å²) in [7, 11) is -3.99. The van der Waals surface area contributed by atoms with E-state index in [2.05, 4.69) is 0 Å². The van der Waals surface area contributed by atoms with Crippen LogP contribution in [0.15, 0.2) is 0 Å². The van der Waals surface area contributed by atoms with Gasteiger partial charge in [-0.3, -0.25) is 0 Å². The van der Waals surface area contributed by atoms with Crippen LogP contribution in [0.3, 0.4) is 0 Å². The van der Waals surface area contributed by atoms with E-state index in [1.165, 1.54) is 0 Å². The minimum absolute atomic E-state index is 0. The molecule has 3 nitrogen and oxygen atoms in total. The first-order chi connectivity index (χ1) is 4.02. The molecule has 1 aliphatic rings. The minimum atomic E-state index is -3.99. The van der Waals surface area contributed by atoms with E-state index in [1.54, 1.807) is 6.92 Å². The van der Waals surface area contributed by atoms with Gasteiger partial charge in [0.05, 0.1) is 4.75 Å². The van der Waals surface area contributed by atoms with Gasteiger partial charge in [0.2, 0.25) is 0 Å². The predicted molar refractivity (Wildman–Crippen MR) is 32.0 cm³/mol. The van der Waals surface area contributed by atoms with Crippen molar-refractivity contribution in [1.29, 1.82) is 0 Å². The molecule has 0 N–H and O–H groups in total. The maximum atomic E-state index is 10.4. The molecule has 0 aromatic rings. The molecule has 10 heavy (non-hydrogen) atoms. The first kappa shape index (κ1) is 11.5. The van der Waals surface area contributed by atoms with Crippen LogP contribution < -0.4 is 51.4 Å². The van der Waals surface area contributed by atoms with E-state index in [0.29, 0.717) is 19.3 Å². The summed E-state index contributed by atoms with van der Waals surface area (Å²) in [5.41, 5.74) is 0. The molecule has 0 radical (unpaired) electrons. The van der Waals surface area contributed by atoms with Gasteiger partial charge >= 0.3 is 51.4 Å². The molecule has 0 aromatic heterocycles. The van der Waals surface area contributed by atoms with Crippen molar-refractivity contribution in [3.8, 4) is 0 Å². The summed E-state index contributed by atoms with van der Waals surface area (Å²) in [5.74, 6) is 0. The molecule has 0 unspecified atom stereocenters. The van der Waals surface area contributed by atoms with Gasteiger partial charge in [-0.05, 0) is 19.3 Å². The molecular formula is C5H9KO3S. The largest absolute Gasteiger partial charge is 1.00 e. The fourth-order valence-electron chi connectivity index (χ4n) is 0.920. The van der Waals surface area contributed by atoms with Crippen LogP contribution in [0.5, 0.6) is 0 Å². The zero-order chi connectivity index (χ0) is 7.12. The van der Waals surface area contributed by atoms with E-state index in [1.807, 2.05) is 0 Å². The van der Waals surface area contributed by atoms with Crippen molar-refractivity contribution in [2.45, 2.75) is 30.9 Å². The SMILES string of the molecule is CCC1(S(=O)(=O)[O-])CC1.[K+]. The van der Waals surface area contributed by atoms with Crippen LogP contribution >= 0.6 is 0 Å². The molecule has 0 aliphatic heterocycles. The topological polar surface area (TPSA) is 57.2 Å². The van der Waals surface area contributed by atoms with Gasteiger partial charge in [-0.15, -0.1) is 0 Å². The third kappa shape index (κ3) is 2.03. The molecule has 0 amide bonds. The smallest absolute Gasteiger partial charge is 0.748 e. The summed E-state index contributed by atoms with van der Waals surface area (Å²) in [6.07, 6.45) is 1.60. The van der Waals surface area contributed by atoms with Crippen molar-refractivity contribution >= 4 is 10.1 Å². The van der Waals surface area contributed by atoms with E-state index >= 15 is 0 Å². The summed E-state index contributed by atoms with van der Waals surface area (Å²) in [6.45, 7) is 1.74. The molecule has 5 heteroatoms. The molecule has 0 saturated heterocycles. The van der Waals surface area contributed by atoms with Crippen LogP contribution in [0, 0.1) is 0 Å². The van der Waals surface area contributed by atoms with Gasteiger partial charge in [0, 0.05) is 0 Å². The molecule has 1 saturated carbocycles. The third-order valence-corrected chi connectivity index (χ3v) is 3.74. The van der Waals surface area contributed by atoms with Crippen LogP contribution in [0.25, 0.3) is 0 Å². The molecule has 1 fully saturated rings. The first-order valence-electron chi connectivity index (χ1n) is 2.97. The van der Waals surface area contributed by atoms with E-state index in [9.17, 15) is 13.0 Å². The molecule has 1 rings (SSSR count). The predicted octanol–water partition coefficient (Wildman–Crippen LogP) is -2.52. The zero-order valence-electron chi connectivity index (χ0n) is 6.25. The van der Waals surface area contributed by atoms with Crippen molar-refractivity contribution in [3.05, 3.63) is 0 Å². The Morgan fingerprint density at radius 2 is 1.90 bits per heavy atom. The van der Waals surface area contributed by atoms with Crippen molar-refractivity contribution in [3.63, 3.8) is 0 Å². The van der Waals surface area contributed by atoms with Gasteiger partial charge in [0.15, 0.2) is 0 Å². The Morgan fingerprint density at radius 1 is 1.50 bits per heavy atom. The molecule has 0 bridgehead atoms. The Morgan fingerprint density at radius 3 is 1.90 bits per heavy atom. The van der Waals surface area contributed by atoms with E-state index < -0.39 is 14.9 Å². The van der Waals surface area contributed by atoms with Gasteiger partial charge < -0.3 is 4.55 Å². The van der Waals surface area contributed by atoms with E-state index in [0.717, 1.165) is 0 Å². The number of hydrogen-bond donors (Lipinski definition) is 0. The van der Waals surface area contributed by atoms with Gasteiger partial charge in [-0.1, -0.05) is 6.92 Å². The van der Waals surface area contributed by atoms with E-state index in [4.69, 9.17) is 0 Å². The monoisotopic (exact) mass is 188 g/mol. The van der Waals surface area contributed by atoms with Gasteiger partial charge in [-0.25, -0.2) is 8.42 Å². The summed E-state index contributed by atoms with van der Waals surface area (Å²) in [4.78, 5) is 0. The third-order valence-electron chi connectivity index (χ3n) is 1.98. The van der Waals surface area contributed by atoms with Gasteiger partial charge in [0.1, 0.15) is 10.1 Å². The average Bonchev–Trinajstić information content (AvgIpc) is 2.40. The van der Waals surface area contributed by atoms with Crippen molar-refractivity contribution in [1.82, 2.24) is 0 Å². The van der Waals surface area contributed by atoms with Crippen molar-refractivity contribution in [2.75, 3.05) is 0 Å². The molecule has 0 atom stereocenters. The Balaban J connectivity index is 0.000000810. The summed E-state index contributed by atoms with van der Waals surface area (Å²) in [5, 5.41) is 0. The summed E-state index contributed by atoms with van der Waals surface area (Å²) in [6, 6.07) is 0. The molecular weight excluding hydrogens is 179 g/mol. The van der Waals surface area contributed by atoms with Crippen LogP contribution in [0.4, 0.5) is 0 Å². The van der Waals surface area contributed by atoms with Crippen LogP contribution in [-0.4, -0.2) is 17.7 Å². The average molecular weight is 188 g/mol. The number of rotatable bonds is 2. The maximum absolute atomic E-state index is 10.4. The molecule has 1 aliphatic carbocycles. The van der Waals surface area contributed by atoms with Crippen LogP contribution in [0.1, 0.15) is 26.2 Å². The van der Waals surface area contributed by atoms with Crippen LogP contribution in [-0.2, 0) is 10.1 Å². The van der Waals surface area contributed by atoms with E-state index in [-0.39, 0.29) is 51.4 Å². The molecule has 54 valence electrons. The van der Waals surface area contributed by atoms with Crippen LogP contribution in [0.2, 0.25) is 0 Å². The molecule has 0 aromatic carbocycles. The first-order valence-corrected chi connectivity index (χ1v) is 4.38. The Kier molecular flexibility index (Phi) is 4.05. The Labute approximate surface area is 104 Å². The maximum Gasteiger partial charge on any atom is 1.00 e. The normalized spacial score (nSPS) is 21.4. The second-order valence-electron chi connectivity index (χ2n) is 2.49. The summed E-state index contributed by atoms with van der Waals surface area (Å²) >= 11 is 0. The Bertz CT molecular complexity index is 205. The van der Waals surface area contributed by atoms with Crippen molar-refractivity contribution in [2.24, 2.45) is 0 Å². The minimum Gasteiger partial charge on any atom is -0.748 e. The van der Waals surface area contributed by atoms with Gasteiger partial charge in [0.25, 0.3) is 0 Å². The van der Waals surface area contributed by atoms with Crippen molar-refractivity contribution < 1.29 is 64.4 Å². The second-order valence-corrected chi connectivity index (χ2v) is 4.26. The molecule has 0 heterocycles. The quantitative estimate of drug-likeness (QED) is 0.355. The van der Waals surface area contributed by atoms with Gasteiger partial charge in [-0.2, -0.15) is 0 Å². The zero-order valence-corrected chi connectivity index (χ0v) is 10.2. The standard InChI is InChI=1S/C5H10O3S.K/c1-2-5(3-4-5)9(6,7)8;/h2-4H2,1H3,(H,6,7,8);/q;+1/p-1.